The highest BCUT2D eigenvalue weighted by Gasteiger charge is 2.41. The fourth-order valence-electron chi connectivity index (χ4n) is 2.99. The predicted octanol–water partition coefficient (Wildman–Crippen LogP) is 4.74. The molecule has 1 saturated carbocycles. The maximum Gasteiger partial charge on any atom is 0.125 e. The highest BCUT2D eigenvalue weighted by Crippen LogP contribution is 2.49. The summed E-state index contributed by atoms with van der Waals surface area (Å²) in [7, 11) is 0. The van der Waals surface area contributed by atoms with Crippen LogP contribution in [-0.2, 0) is 12.8 Å². The van der Waals surface area contributed by atoms with Gasteiger partial charge in [0.1, 0.15) is 5.75 Å². The first-order valence-corrected chi connectivity index (χ1v) is 8.54. The Morgan fingerprint density at radius 1 is 1.39 bits per heavy atom. The lowest BCUT2D eigenvalue weighted by Crippen LogP contribution is -2.24. The molecule has 1 aromatic carbocycles. The second-order valence-corrected chi connectivity index (χ2v) is 7.37. The van der Waals surface area contributed by atoms with Gasteiger partial charge in [0, 0.05) is 16.2 Å². The minimum absolute atomic E-state index is 0.376. The lowest BCUT2D eigenvalue weighted by atomic mass is 9.80. The van der Waals surface area contributed by atoms with Gasteiger partial charge in [-0.25, -0.2) is 0 Å². The van der Waals surface area contributed by atoms with E-state index < -0.39 is 0 Å². The van der Waals surface area contributed by atoms with E-state index in [4.69, 9.17) is 4.74 Å². The van der Waals surface area contributed by atoms with Gasteiger partial charge in [-0.3, -0.25) is 0 Å². The minimum atomic E-state index is 0.376. The topological polar surface area (TPSA) is 9.23 Å². The zero-order valence-corrected chi connectivity index (χ0v) is 13.8. The van der Waals surface area contributed by atoms with Crippen LogP contribution in [0.2, 0.25) is 0 Å². The molecule has 2 aliphatic rings. The van der Waals surface area contributed by atoms with E-state index in [9.17, 15) is 0 Å². The number of hydrogen-bond donors (Lipinski definition) is 0. The summed E-state index contributed by atoms with van der Waals surface area (Å²) in [5.41, 5.74) is 3.12. The molecule has 0 saturated heterocycles. The van der Waals surface area contributed by atoms with Gasteiger partial charge in [-0.15, -0.1) is 0 Å². The van der Waals surface area contributed by atoms with E-state index in [1.54, 1.807) is 0 Å². The molecule has 3 heteroatoms. The van der Waals surface area contributed by atoms with E-state index in [-0.39, 0.29) is 0 Å². The van der Waals surface area contributed by atoms with E-state index in [2.05, 4.69) is 50.9 Å². The van der Waals surface area contributed by atoms with Gasteiger partial charge >= 0.3 is 0 Å². The van der Waals surface area contributed by atoms with Gasteiger partial charge in [0.05, 0.1) is 6.61 Å². The number of fused-ring (bicyclic) bond motifs is 1. The molecule has 0 N–H and O–H groups in total. The van der Waals surface area contributed by atoms with Crippen LogP contribution in [0.3, 0.4) is 0 Å². The smallest absolute Gasteiger partial charge is 0.125 e. The average Bonchev–Trinajstić information content (AvgIpc) is 3.09. The Kier molecular flexibility index (Phi) is 3.48. The van der Waals surface area contributed by atoms with Crippen molar-refractivity contribution in [3.8, 4) is 5.75 Å². The SMILES string of the molecule is CC(CBr)(Cc1cc(Br)cc2c1OCC2)C1CC1. The molecule has 0 bridgehead atoms. The van der Waals surface area contributed by atoms with Crippen LogP contribution < -0.4 is 4.74 Å². The molecule has 0 aromatic heterocycles. The zero-order valence-electron chi connectivity index (χ0n) is 10.6. The highest BCUT2D eigenvalue weighted by molar-refractivity contribution is 9.10. The number of alkyl halides is 1. The van der Waals surface area contributed by atoms with Gasteiger partial charge in [0.15, 0.2) is 0 Å². The lowest BCUT2D eigenvalue weighted by molar-refractivity contribution is 0.306. The maximum absolute atomic E-state index is 5.84. The number of hydrogen-bond acceptors (Lipinski definition) is 1. The molecule has 1 nitrogen and oxygen atoms in total. The number of benzene rings is 1. The summed E-state index contributed by atoms with van der Waals surface area (Å²) in [6.45, 7) is 3.24. The van der Waals surface area contributed by atoms with Crippen molar-refractivity contribution in [2.24, 2.45) is 11.3 Å². The Morgan fingerprint density at radius 2 is 2.17 bits per heavy atom. The third-order valence-electron chi connectivity index (χ3n) is 4.29. The summed E-state index contributed by atoms with van der Waals surface area (Å²) in [6, 6.07) is 4.45. The van der Waals surface area contributed by atoms with E-state index in [0.29, 0.717) is 5.41 Å². The first-order valence-electron chi connectivity index (χ1n) is 6.62. The van der Waals surface area contributed by atoms with Crippen LogP contribution in [0, 0.1) is 11.3 Å². The quantitative estimate of drug-likeness (QED) is 0.692. The third kappa shape index (κ3) is 2.36. The Labute approximate surface area is 126 Å². The van der Waals surface area contributed by atoms with E-state index in [0.717, 1.165) is 36.4 Å². The summed E-state index contributed by atoms with van der Waals surface area (Å²) >= 11 is 7.35. The fourth-order valence-corrected chi connectivity index (χ4v) is 4.20. The first-order chi connectivity index (χ1) is 8.62. The second kappa shape index (κ2) is 4.82. The van der Waals surface area contributed by atoms with Crippen molar-refractivity contribution in [1.29, 1.82) is 0 Å². The predicted molar refractivity (Wildman–Crippen MR) is 81.7 cm³/mol. The lowest BCUT2D eigenvalue weighted by Gasteiger charge is -2.28. The Balaban J connectivity index is 1.92. The summed E-state index contributed by atoms with van der Waals surface area (Å²) in [5, 5.41) is 1.08. The minimum Gasteiger partial charge on any atom is -0.493 e. The zero-order chi connectivity index (χ0) is 12.8. The van der Waals surface area contributed by atoms with Crippen LogP contribution in [0.5, 0.6) is 5.75 Å². The summed E-state index contributed by atoms with van der Waals surface area (Å²) in [5.74, 6) is 2.04. The molecule has 3 rings (SSSR count). The van der Waals surface area contributed by atoms with Gasteiger partial charge in [-0.1, -0.05) is 38.8 Å². The van der Waals surface area contributed by atoms with Crippen molar-refractivity contribution >= 4 is 31.9 Å². The van der Waals surface area contributed by atoms with Gasteiger partial charge in [0.25, 0.3) is 0 Å². The number of ether oxygens (including phenoxy) is 1. The molecule has 1 unspecified atom stereocenters. The molecule has 0 radical (unpaired) electrons. The van der Waals surface area contributed by atoms with E-state index in [1.165, 1.54) is 28.4 Å². The summed E-state index contributed by atoms with van der Waals surface area (Å²) < 4.78 is 7.03. The Morgan fingerprint density at radius 3 is 2.83 bits per heavy atom. The molecule has 1 aliphatic carbocycles. The van der Waals surface area contributed by atoms with E-state index >= 15 is 0 Å². The van der Waals surface area contributed by atoms with Gasteiger partial charge in [-0.2, -0.15) is 0 Å². The largest absolute Gasteiger partial charge is 0.493 e. The molecular formula is C15H18Br2O. The van der Waals surface area contributed by atoms with E-state index in [1.807, 2.05) is 0 Å². The van der Waals surface area contributed by atoms with Crippen molar-refractivity contribution in [3.63, 3.8) is 0 Å². The molecule has 98 valence electrons. The van der Waals surface area contributed by atoms with Gasteiger partial charge in [0.2, 0.25) is 0 Å². The molecule has 0 spiro atoms. The standard InChI is InChI=1S/C15H18Br2O/c1-15(9-16,12-2-3-12)8-11-7-13(17)6-10-4-5-18-14(10)11/h6-7,12H,2-5,8-9H2,1H3. The number of halogens is 2. The first kappa shape index (κ1) is 13.0. The van der Waals surface area contributed by atoms with Gasteiger partial charge in [-0.05, 0) is 53.9 Å². The molecule has 1 heterocycles. The van der Waals surface area contributed by atoms with Crippen LogP contribution in [-0.4, -0.2) is 11.9 Å². The average molecular weight is 374 g/mol. The van der Waals surface area contributed by atoms with Gasteiger partial charge < -0.3 is 4.74 Å². The van der Waals surface area contributed by atoms with Crippen LogP contribution >= 0.6 is 31.9 Å². The Hall–Kier alpha value is -0.0200. The molecule has 0 amide bonds. The molecule has 1 atom stereocenters. The van der Waals surface area contributed by atoms with Crippen molar-refractivity contribution in [2.45, 2.75) is 32.6 Å². The van der Waals surface area contributed by atoms with Crippen LogP contribution in [0.4, 0.5) is 0 Å². The summed E-state index contributed by atoms with van der Waals surface area (Å²) in [6.07, 6.45) is 4.94. The summed E-state index contributed by atoms with van der Waals surface area (Å²) in [4.78, 5) is 0. The Bertz CT molecular complexity index is 468. The fraction of sp³-hybridized carbons (Fsp3) is 0.600. The van der Waals surface area contributed by atoms with Crippen molar-refractivity contribution in [3.05, 3.63) is 27.7 Å². The molecule has 18 heavy (non-hydrogen) atoms. The monoisotopic (exact) mass is 372 g/mol. The molecule has 1 aliphatic heterocycles. The third-order valence-corrected chi connectivity index (χ3v) is 6.03. The van der Waals surface area contributed by atoms with Crippen molar-refractivity contribution in [1.82, 2.24) is 0 Å². The van der Waals surface area contributed by atoms with Crippen LogP contribution in [0.15, 0.2) is 16.6 Å². The maximum atomic E-state index is 5.84. The van der Waals surface area contributed by atoms with Crippen LogP contribution in [0.1, 0.15) is 30.9 Å². The normalized spacial score (nSPS) is 21.3. The second-order valence-electron chi connectivity index (χ2n) is 5.89. The molecule has 1 fully saturated rings. The van der Waals surface area contributed by atoms with Crippen molar-refractivity contribution < 1.29 is 4.74 Å². The molecule has 1 aromatic rings. The molecular weight excluding hydrogens is 356 g/mol. The van der Waals surface area contributed by atoms with Crippen molar-refractivity contribution in [2.75, 3.05) is 11.9 Å². The highest BCUT2D eigenvalue weighted by atomic mass is 79.9. The van der Waals surface area contributed by atoms with Crippen LogP contribution in [0.25, 0.3) is 0 Å². The number of rotatable bonds is 4.